The molecule has 1 fully saturated rings. The van der Waals surface area contributed by atoms with Crippen molar-refractivity contribution in [3.05, 3.63) is 90.4 Å². The lowest BCUT2D eigenvalue weighted by Gasteiger charge is -2.31. The summed E-state index contributed by atoms with van der Waals surface area (Å²) < 4.78 is 34.6. The first kappa shape index (κ1) is 23.4. The first-order valence-electron chi connectivity index (χ1n) is 11.4. The summed E-state index contributed by atoms with van der Waals surface area (Å²) in [5.41, 5.74) is 6.76. The zero-order valence-electron chi connectivity index (χ0n) is 19.0. The second kappa shape index (κ2) is 10.1. The average Bonchev–Trinajstić information content (AvgIpc) is 3.44. The maximum atomic E-state index is 14.8. The third-order valence-electron chi connectivity index (χ3n) is 6.25. The van der Waals surface area contributed by atoms with Crippen LogP contribution in [-0.2, 0) is 27.4 Å². The van der Waals surface area contributed by atoms with Crippen molar-refractivity contribution < 1.29 is 23.7 Å². The van der Waals surface area contributed by atoms with E-state index >= 15 is 0 Å². The van der Waals surface area contributed by atoms with E-state index in [2.05, 4.69) is 9.97 Å². The van der Waals surface area contributed by atoms with Gasteiger partial charge in [0.05, 0.1) is 25.2 Å². The minimum Gasteiger partial charge on any atom is -0.386 e. The molecule has 0 bridgehead atoms. The number of benzene rings is 2. The van der Waals surface area contributed by atoms with Gasteiger partial charge in [-0.2, -0.15) is 0 Å². The summed E-state index contributed by atoms with van der Waals surface area (Å²) in [7, 11) is 0. The van der Waals surface area contributed by atoms with Gasteiger partial charge in [0.2, 0.25) is 0 Å². The Balaban J connectivity index is 1.43. The number of nitrogen functional groups attached to an aromatic ring is 1. The molecule has 0 amide bonds. The van der Waals surface area contributed by atoms with Crippen LogP contribution in [-0.4, -0.2) is 50.7 Å². The Bertz CT molecular complexity index is 1260. The number of rotatable bonds is 9. The molecule has 0 unspecified atom stereocenters. The van der Waals surface area contributed by atoms with Gasteiger partial charge < -0.3 is 29.6 Å². The van der Waals surface area contributed by atoms with Gasteiger partial charge >= 0.3 is 0 Å². The molecule has 3 N–H and O–H groups in total. The van der Waals surface area contributed by atoms with Gasteiger partial charge in [0, 0.05) is 6.20 Å². The fourth-order valence-corrected chi connectivity index (χ4v) is 4.44. The van der Waals surface area contributed by atoms with E-state index in [1.54, 1.807) is 16.8 Å². The number of nitrogens with zero attached hydrogens (tertiary/aromatic N) is 3. The molecule has 182 valence electrons. The van der Waals surface area contributed by atoms with Crippen molar-refractivity contribution in [2.24, 2.45) is 0 Å². The van der Waals surface area contributed by atoms with E-state index in [0.717, 1.165) is 11.1 Å². The van der Waals surface area contributed by atoms with Crippen molar-refractivity contribution in [3.63, 3.8) is 0 Å². The lowest BCUT2D eigenvalue weighted by molar-refractivity contribution is -0.164. The topological polar surface area (TPSA) is 105 Å². The zero-order valence-corrected chi connectivity index (χ0v) is 19.0. The highest BCUT2D eigenvalue weighted by Gasteiger charge is 2.57. The number of hydrogen-bond donors (Lipinski definition) is 2. The third kappa shape index (κ3) is 4.63. The Morgan fingerprint density at radius 1 is 1.00 bits per heavy atom. The van der Waals surface area contributed by atoms with Gasteiger partial charge in [0.1, 0.15) is 36.7 Å². The Hall–Kier alpha value is -3.37. The van der Waals surface area contributed by atoms with Crippen molar-refractivity contribution in [1.29, 1.82) is 0 Å². The quantitative estimate of drug-likeness (QED) is 0.380. The molecular weight excluding hydrogens is 451 g/mol. The lowest BCUT2D eigenvalue weighted by atomic mass is 9.97. The summed E-state index contributed by atoms with van der Waals surface area (Å²) in [4.78, 5) is 8.29. The number of ether oxygens (including phenoxy) is 3. The number of alkyl halides is 1. The highest BCUT2D eigenvalue weighted by molar-refractivity contribution is 5.86. The Labute approximate surface area is 202 Å². The van der Waals surface area contributed by atoms with Crippen LogP contribution in [0.1, 0.15) is 17.4 Å². The minimum atomic E-state index is -1.52. The molecule has 0 spiro atoms. The summed E-state index contributed by atoms with van der Waals surface area (Å²) in [6, 6.07) is 20.8. The van der Waals surface area contributed by atoms with Crippen LogP contribution in [0.2, 0.25) is 0 Å². The normalized spacial score (nSPS) is 24.2. The Morgan fingerprint density at radius 2 is 1.69 bits per heavy atom. The Kier molecular flexibility index (Phi) is 6.74. The van der Waals surface area contributed by atoms with Crippen LogP contribution >= 0.6 is 0 Å². The van der Waals surface area contributed by atoms with E-state index in [-0.39, 0.29) is 19.8 Å². The number of nitrogens with two attached hydrogens (primary N) is 1. The molecule has 4 atom stereocenters. The SMILES string of the molecule is Nc1ncnc2c1ccn2[C@@H]1O[C@](CF)(COCc2ccccc2)[C@@H](OCc2ccccc2)[C@H]1O. The second-order valence-electron chi connectivity index (χ2n) is 8.61. The molecule has 2 aromatic heterocycles. The van der Waals surface area contributed by atoms with Crippen molar-refractivity contribution in [2.75, 3.05) is 19.0 Å². The maximum absolute atomic E-state index is 14.8. The minimum absolute atomic E-state index is 0.109. The van der Waals surface area contributed by atoms with E-state index in [0.29, 0.717) is 16.9 Å². The van der Waals surface area contributed by atoms with Gasteiger partial charge in [-0.15, -0.1) is 0 Å². The number of fused-ring (bicyclic) bond motifs is 1. The van der Waals surface area contributed by atoms with Crippen LogP contribution in [0.4, 0.5) is 10.2 Å². The van der Waals surface area contributed by atoms with Gasteiger partial charge in [-0.25, -0.2) is 14.4 Å². The monoisotopic (exact) mass is 478 g/mol. The van der Waals surface area contributed by atoms with E-state index in [1.165, 1.54) is 6.33 Å². The number of halogens is 1. The molecule has 8 nitrogen and oxygen atoms in total. The zero-order chi connectivity index (χ0) is 24.3. The number of aromatic nitrogens is 3. The van der Waals surface area contributed by atoms with Gasteiger partial charge in [-0.1, -0.05) is 60.7 Å². The summed E-state index contributed by atoms with van der Waals surface area (Å²) in [5, 5.41) is 12.0. The molecule has 0 radical (unpaired) electrons. The molecule has 0 saturated carbocycles. The first-order chi connectivity index (χ1) is 17.1. The van der Waals surface area contributed by atoms with Gasteiger partial charge in [-0.3, -0.25) is 0 Å². The summed E-state index contributed by atoms with van der Waals surface area (Å²) in [6.45, 7) is -0.568. The number of aliphatic hydroxyl groups excluding tert-OH is 1. The van der Waals surface area contributed by atoms with Crippen LogP contribution < -0.4 is 5.73 Å². The Morgan fingerprint density at radius 3 is 2.37 bits per heavy atom. The fraction of sp³-hybridized carbons (Fsp3) is 0.308. The highest BCUT2D eigenvalue weighted by atomic mass is 19.1. The van der Waals surface area contributed by atoms with Gasteiger partial charge in [-0.05, 0) is 17.2 Å². The number of anilines is 1. The second-order valence-corrected chi connectivity index (χ2v) is 8.61. The summed E-state index contributed by atoms with van der Waals surface area (Å²) in [6.07, 6.45) is -0.119. The van der Waals surface area contributed by atoms with Crippen molar-refractivity contribution in [3.8, 4) is 0 Å². The van der Waals surface area contributed by atoms with E-state index in [9.17, 15) is 9.50 Å². The molecule has 5 rings (SSSR count). The van der Waals surface area contributed by atoms with Crippen LogP contribution in [0, 0.1) is 0 Å². The van der Waals surface area contributed by atoms with Crippen LogP contribution in [0.3, 0.4) is 0 Å². The summed E-state index contributed by atoms with van der Waals surface area (Å²) >= 11 is 0. The van der Waals surface area contributed by atoms with E-state index in [1.807, 2.05) is 60.7 Å². The molecule has 1 saturated heterocycles. The molecule has 2 aromatic carbocycles. The largest absolute Gasteiger partial charge is 0.386 e. The first-order valence-corrected chi connectivity index (χ1v) is 11.4. The molecular formula is C26H27FN4O4. The van der Waals surface area contributed by atoms with Crippen molar-refractivity contribution in [1.82, 2.24) is 14.5 Å². The third-order valence-corrected chi connectivity index (χ3v) is 6.25. The molecule has 1 aliphatic heterocycles. The van der Waals surface area contributed by atoms with Crippen LogP contribution in [0.15, 0.2) is 79.3 Å². The van der Waals surface area contributed by atoms with Crippen LogP contribution in [0.5, 0.6) is 0 Å². The van der Waals surface area contributed by atoms with Gasteiger partial charge in [0.15, 0.2) is 11.8 Å². The summed E-state index contributed by atoms with van der Waals surface area (Å²) in [5.74, 6) is 0.307. The maximum Gasteiger partial charge on any atom is 0.165 e. The predicted molar refractivity (Wildman–Crippen MR) is 128 cm³/mol. The molecule has 1 aliphatic rings. The predicted octanol–water partition coefficient (Wildman–Crippen LogP) is 3.41. The molecule has 9 heteroatoms. The highest BCUT2D eigenvalue weighted by Crippen LogP contribution is 2.41. The van der Waals surface area contributed by atoms with Crippen molar-refractivity contribution in [2.45, 2.75) is 37.3 Å². The molecule has 3 heterocycles. The lowest BCUT2D eigenvalue weighted by Crippen LogP contribution is -2.50. The smallest absolute Gasteiger partial charge is 0.165 e. The van der Waals surface area contributed by atoms with E-state index < -0.39 is 30.7 Å². The number of aliphatic hydroxyl groups is 1. The van der Waals surface area contributed by atoms with E-state index in [4.69, 9.17) is 19.9 Å². The van der Waals surface area contributed by atoms with Crippen molar-refractivity contribution >= 4 is 16.9 Å². The van der Waals surface area contributed by atoms with Gasteiger partial charge in [0.25, 0.3) is 0 Å². The molecule has 4 aromatic rings. The van der Waals surface area contributed by atoms with Crippen LogP contribution in [0.25, 0.3) is 11.0 Å². The number of hydrogen-bond acceptors (Lipinski definition) is 7. The molecule has 0 aliphatic carbocycles. The fourth-order valence-electron chi connectivity index (χ4n) is 4.44. The standard InChI is InChI=1S/C26H27FN4O4/c27-15-26(16-33-13-18-7-3-1-4-8-18)22(34-14-19-9-5-2-6-10-19)21(32)25(35-26)31-12-11-20-23(28)29-17-30-24(20)31/h1-12,17,21-22,25,32H,13-16H2,(H2,28,29,30)/t21-,22+,25-,26-/m1/s1. The average molecular weight is 479 g/mol. The molecule has 35 heavy (non-hydrogen) atoms.